The van der Waals surface area contributed by atoms with Crippen molar-refractivity contribution in [3.05, 3.63) is 0 Å². The second kappa shape index (κ2) is 57.0. The van der Waals surface area contributed by atoms with Crippen molar-refractivity contribution in [3.63, 3.8) is 0 Å². The summed E-state index contributed by atoms with van der Waals surface area (Å²) in [5.74, 6) is 0. The third-order valence-electron chi connectivity index (χ3n) is 0. The standard InChI is InChI=1S/6BrH.K.Rh.H/h6*1H;;;/q;;;;;;+1;;-1. The van der Waals surface area contributed by atoms with E-state index in [1.807, 2.05) is 0 Å². The summed E-state index contributed by atoms with van der Waals surface area (Å²) in [5, 5.41) is 0. The van der Waals surface area contributed by atoms with Crippen molar-refractivity contribution in [1.82, 2.24) is 0 Å². The maximum atomic E-state index is 0. The molecule has 0 heterocycles. The molecule has 0 aliphatic heterocycles. The van der Waals surface area contributed by atoms with Gasteiger partial charge in [-0.3, -0.25) is 0 Å². The Morgan fingerprint density at radius 3 is 0.500 bits per heavy atom. The summed E-state index contributed by atoms with van der Waals surface area (Å²) in [6, 6.07) is 0. The molecule has 0 aromatic heterocycles. The van der Waals surface area contributed by atoms with E-state index >= 15 is 0 Å². The number of hydrogen-bond acceptors (Lipinski definition) is 0. The minimum Gasteiger partial charge on any atom is -1.00 e. The van der Waals surface area contributed by atoms with E-state index in [4.69, 9.17) is 0 Å². The van der Waals surface area contributed by atoms with Crippen LogP contribution in [0.4, 0.5) is 0 Å². The maximum absolute atomic E-state index is 0. The third kappa shape index (κ3) is 43.4. The van der Waals surface area contributed by atoms with Crippen LogP contribution in [0.2, 0.25) is 0 Å². The second-order valence-electron chi connectivity index (χ2n) is 0. The van der Waals surface area contributed by atoms with E-state index in [-0.39, 0.29) is 174 Å². The molecule has 8 heavy (non-hydrogen) atoms. The van der Waals surface area contributed by atoms with Crippen LogP contribution in [0, 0.1) is 0 Å². The van der Waals surface area contributed by atoms with Crippen molar-refractivity contribution in [2.45, 2.75) is 0 Å². The molecule has 0 amide bonds. The van der Waals surface area contributed by atoms with Crippen LogP contribution in [0.5, 0.6) is 0 Å². The van der Waals surface area contributed by atoms with Crippen LogP contribution in [0.15, 0.2) is 0 Å². The summed E-state index contributed by atoms with van der Waals surface area (Å²) in [7, 11) is 0. The summed E-state index contributed by atoms with van der Waals surface area (Å²) in [4.78, 5) is 0. The molecule has 0 nitrogen and oxygen atoms in total. The molecule has 0 aliphatic carbocycles. The van der Waals surface area contributed by atoms with Gasteiger partial charge in [-0.15, -0.1) is 102 Å². The zero-order valence-electron chi connectivity index (χ0n) is 4.78. The SMILES string of the molecule is Br.Br.Br.Br.Br.Br.[H-].[K+].[Rh]. The number of rotatable bonds is 0. The molecule has 8 heteroatoms. The Labute approximate surface area is 170 Å². The molecule has 59 valence electrons. The predicted octanol–water partition coefficient (Wildman–Crippen LogP) is 0.581. The Hall–Kier alpha value is 5.14. The first-order chi connectivity index (χ1) is 0. The molecule has 0 saturated carbocycles. The second-order valence-corrected chi connectivity index (χ2v) is 0. The van der Waals surface area contributed by atoms with Crippen LogP contribution < -0.4 is 51.4 Å². The summed E-state index contributed by atoms with van der Waals surface area (Å²) >= 11 is 0. The molecular weight excluding hydrogens is 621 g/mol. The molecule has 0 rings (SSSR count). The van der Waals surface area contributed by atoms with Crippen molar-refractivity contribution >= 4 is 102 Å². The summed E-state index contributed by atoms with van der Waals surface area (Å²) in [6.45, 7) is 0. The molecular formula is H7Br6KRh. The van der Waals surface area contributed by atoms with E-state index in [0.717, 1.165) is 0 Å². The van der Waals surface area contributed by atoms with Gasteiger partial charge >= 0.3 is 51.4 Å². The molecule has 0 unspecified atom stereocenters. The average molecular weight is 628 g/mol. The zero-order chi connectivity index (χ0) is 0. The van der Waals surface area contributed by atoms with Gasteiger partial charge in [-0.05, 0) is 0 Å². The molecule has 0 saturated heterocycles. The topological polar surface area (TPSA) is 0 Å². The van der Waals surface area contributed by atoms with Crippen molar-refractivity contribution in [2.75, 3.05) is 0 Å². The van der Waals surface area contributed by atoms with E-state index in [1.54, 1.807) is 0 Å². The number of hydrogen-bond donors (Lipinski definition) is 0. The maximum Gasteiger partial charge on any atom is 1.00 e. The van der Waals surface area contributed by atoms with E-state index in [2.05, 4.69) is 0 Å². The number of halogens is 6. The molecule has 0 bridgehead atoms. The summed E-state index contributed by atoms with van der Waals surface area (Å²) in [5.41, 5.74) is 0. The molecule has 0 spiro atoms. The Morgan fingerprint density at radius 2 is 0.500 bits per heavy atom. The first-order valence-corrected chi connectivity index (χ1v) is 0. The van der Waals surface area contributed by atoms with Crippen molar-refractivity contribution in [3.8, 4) is 0 Å². The zero-order valence-corrected chi connectivity index (χ0v) is 18.8. The van der Waals surface area contributed by atoms with Gasteiger partial charge in [0.15, 0.2) is 0 Å². The van der Waals surface area contributed by atoms with Crippen molar-refractivity contribution in [2.24, 2.45) is 0 Å². The van der Waals surface area contributed by atoms with Gasteiger partial charge < -0.3 is 1.43 Å². The van der Waals surface area contributed by atoms with Crippen LogP contribution >= 0.6 is 102 Å². The third-order valence-corrected chi connectivity index (χ3v) is 0. The first kappa shape index (κ1) is 73.3. The van der Waals surface area contributed by atoms with Gasteiger partial charge in [-0.25, -0.2) is 0 Å². The molecule has 0 aliphatic rings. The fourth-order valence-electron chi connectivity index (χ4n) is 0. The minimum atomic E-state index is 0. The van der Waals surface area contributed by atoms with Gasteiger partial charge in [0.25, 0.3) is 0 Å². The van der Waals surface area contributed by atoms with Crippen LogP contribution in [0.3, 0.4) is 0 Å². The van der Waals surface area contributed by atoms with E-state index in [0.29, 0.717) is 0 Å². The molecule has 1 radical (unpaired) electrons. The Morgan fingerprint density at radius 1 is 0.500 bits per heavy atom. The van der Waals surface area contributed by atoms with Crippen LogP contribution in [-0.2, 0) is 19.5 Å². The van der Waals surface area contributed by atoms with E-state index in [1.165, 1.54) is 0 Å². The molecule has 0 fully saturated rings. The average Bonchev–Trinajstić information content (AvgIpc) is 0. The smallest absolute Gasteiger partial charge is 1.00 e. The van der Waals surface area contributed by atoms with Gasteiger partial charge in [-0.1, -0.05) is 0 Å². The molecule has 0 atom stereocenters. The predicted molar refractivity (Wildman–Crippen MR) is 63.0 cm³/mol. The van der Waals surface area contributed by atoms with Crippen LogP contribution in [0.25, 0.3) is 0 Å². The van der Waals surface area contributed by atoms with Gasteiger partial charge in [0.05, 0.1) is 0 Å². The van der Waals surface area contributed by atoms with Gasteiger partial charge in [0, 0.05) is 19.5 Å². The minimum absolute atomic E-state index is 0. The first-order valence-electron chi connectivity index (χ1n) is 0. The fraction of sp³-hybridized carbons (Fsp3) is 0. The summed E-state index contributed by atoms with van der Waals surface area (Å²) < 4.78 is 0. The Balaban J connectivity index is 0. The van der Waals surface area contributed by atoms with Gasteiger partial charge in [-0.2, -0.15) is 0 Å². The molecule has 0 aromatic carbocycles. The normalized spacial score (nSPS) is 0. The Kier molecular flexibility index (Phi) is 523. The van der Waals surface area contributed by atoms with Gasteiger partial charge in [0.1, 0.15) is 0 Å². The van der Waals surface area contributed by atoms with Crippen molar-refractivity contribution in [1.29, 1.82) is 0 Å². The Bertz CT molecular complexity index is 13.0. The van der Waals surface area contributed by atoms with Crippen LogP contribution in [-0.4, -0.2) is 0 Å². The molecule has 0 aromatic rings. The monoisotopic (exact) mass is 622 g/mol. The fourth-order valence-corrected chi connectivity index (χ4v) is 0. The molecule has 0 N–H and O–H groups in total. The van der Waals surface area contributed by atoms with E-state index < -0.39 is 0 Å². The van der Waals surface area contributed by atoms with Crippen LogP contribution in [0.1, 0.15) is 1.43 Å². The van der Waals surface area contributed by atoms with Gasteiger partial charge in [0.2, 0.25) is 0 Å². The summed E-state index contributed by atoms with van der Waals surface area (Å²) in [6.07, 6.45) is 0. The van der Waals surface area contributed by atoms with Crippen molar-refractivity contribution < 1.29 is 72.3 Å². The quantitative estimate of drug-likeness (QED) is 0.345. The largest absolute Gasteiger partial charge is 1.00 e. The van der Waals surface area contributed by atoms with E-state index in [9.17, 15) is 0 Å².